The van der Waals surface area contributed by atoms with Gasteiger partial charge in [-0.1, -0.05) is 127 Å². The van der Waals surface area contributed by atoms with E-state index in [0.29, 0.717) is 45.6 Å². The van der Waals surface area contributed by atoms with Gasteiger partial charge in [-0.3, -0.25) is 0 Å². The zero-order valence-corrected chi connectivity index (χ0v) is 28.8. The number of hydrogen-bond acceptors (Lipinski definition) is 6. The molecular weight excluding hydrogens is 665 g/mol. The molecule has 3 heterocycles. The summed E-state index contributed by atoms with van der Waals surface area (Å²) in [6.07, 6.45) is 0. The number of aromatic nitrogens is 4. The minimum Gasteiger partial charge on any atom is -0.456 e. The lowest BCUT2D eigenvalue weighted by atomic mass is 9.95. The molecule has 0 atom stereocenters. The third-order valence-electron chi connectivity index (χ3n) is 10.1. The fourth-order valence-electron chi connectivity index (χ4n) is 7.54. The van der Waals surface area contributed by atoms with E-state index in [1.165, 1.54) is 0 Å². The van der Waals surface area contributed by atoms with Crippen LogP contribution in [0.25, 0.3) is 111 Å². The summed E-state index contributed by atoms with van der Waals surface area (Å²) in [4.78, 5) is 20.9. The molecule has 0 fully saturated rings. The highest BCUT2D eigenvalue weighted by Gasteiger charge is 2.25. The molecule has 0 bridgehead atoms. The summed E-state index contributed by atoms with van der Waals surface area (Å²) in [6, 6.07) is 57.8. The van der Waals surface area contributed by atoms with E-state index >= 15 is 0 Å². The normalized spacial score (nSPS) is 11.7. The van der Waals surface area contributed by atoms with Crippen LogP contribution in [-0.4, -0.2) is 19.9 Å². The molecule has 0 saturated carbocycles. The van der Waals surface area contributed by atoms with Crippen LogP contribution in [0.4, 0.5) is 0 Å². The summed E-state index contributed by atoms with van der Waals surface area (Å²) in [5.74, 6) is 2.07. The SMILES string of the molecule is c1ccc(-c2nc3cc4oc5ccccc5c4c(-c4nc(-c5ccc6ccccc6c5)nc(-c5cc6ccccc6cc5-c5ccccc5)n4)c3o2)cc1. The highest BCUT2D eigenvalue weighted by atomic mass is 16.4. The number of nitrogens with zero attached hydrogens (tertiary/aromatic N) is 4. The number of furan rings is 1. The van der Waals surface area contributed by atoms with Crippen molar-refractivity contribution in [2.24, 2.45) is 0 Å². The Bertz CT molecular complexity index is 3220. The summed E-state index contributed by atoms with van der Waals surface area (Å²) in [6.45, 7) is 0. The lowest BCUT2D eigenvalue weighted by molar-refractivity contribution is 0.620. The van der Waals surface area contributed by atoms with Crippen molar-refractivity contribution in [1.29, 1.82) is 0 Å². The lowest BCUT2D eigenvalue weighted by Crippen LogP contribution is -2.02. The monoisotopic (exact) mass is 692 g/mol. The van der Waals surface area contributed by atoms with Crippen LogP contribution in [0.1, 0.15) is 0 Å². The minimum absolute atomic E-state index is 0.466. The van der Waals surface area contributed by atoms with Gasteiger partial charge in [0.2, 0.25) is 5.89 Å². The molecule has 0 radical (unpaired) electrons. The van der Waals surface area contributed by atoms with E-state index in [1.54, 1.807) is 0 Å². The van der Waals surface area contributed by atoms with Gasteiger partial charge in [-0.05, 0) is 69.1 Å². The van der Waals surface area contributed by atoms with Gasteiger partial charge in [-0.2, -0.15) is 0 Å². The molecule has 8 aromatic carbocycles. The van der Waals surface area contributed by atoms with Crippen LogP contribution in [0, 0.1) is 0 Å². The molecule has 0 aliphatic heterocycles. The first kappa shape index (κ1) is 30.2. The Morgan fingerprint density at radius 1 is 0.370 bits per heavy atom. The molecule has 0 unspecified atom stereocenters. The van der Waals surface area contributed by atoms with Crippen molar-refractivity contribution in [3.63, 3.8) is 0 Å². The maximum absolute atomic E-state index is 6.71. The number of oxazole rings is 1. The highest BCUT2D eigenvalue weighted by molar-refractivity contribution is 6.18. The topological polar surface area (TPSA) is 77.8 Å². The predicted octanol–water partition coefficient (Wildman–Crippen LogP) is 12.6. The molecule has 0 saturated heterocycles. The van der Waals surface area contributed by atoms with Crippen LogP contribution < -0.4 is 0 Å². The number of fused-ring (bicyclic) bond motifs is 6. The number of para-hydroxylation sites is 1. The molecule has 0 N–H and O–H groups in total. The number of hydrogen-bond donors (Lipinski definition) is 0. The van der Waals surface area contributed by atoms with Crippen molar-refractivity contribution in [3.8, 4) is 56.7 Å². The smallest absolute Gasteiger partial charge is 0.227 e. The Balaban J connectivity index is 1.26. The fourth-order valence-corrected chi connectivity index (χ4v) is 7.54. The van der Waals surface area contributed by atoms with Crippen LogP contribution >= 0.6 is 0 Å². The number of rotatable bonds is 5. The van der Waals surface area contributed by atoms with E-state index in [2.05, 4.69) is 97.1 Å². The minimum atomic E-state index is 0.466. The van der Waals surface area contributed by atoms with Gasteiger partial charge < -0.3 is 8.83 Å². The molecule has 252 valence electrons. The molecular formula is C48H28N4O2. The van der Waals surface area contributed by atoms with Gasteiger partial charge in [0.1, 0.15) is 16.7 Å². The van der Waals surface area contributed by atoms with Crippen molar-refractivity contribution < 1.29 is 8.83 Å². The Morgan fingerprint density at radius 2 is 0.981 bits per heavy atom. The third kappa shape index (κ3) is 4.96. The summed E-state index contributed by atoms with van der Waals surface area (Å²) in [7, 11) is 0. The Hall–Kier alpha value is -7.44. The quantitative estimate of drug-likeness (QED) is 0.179. The largest absolute Gasteiger partial charge is 0.456 e. The Morgan fingerprint density at radius 3 is 1.76 bits per heavy atom. The summed E-state index contributed by atoms with van der Waals surface area (Å²) in [5, 5.41) is 6.26. The molecule has 54 heavy (non-hydrogen) atoms. The molecule has 6 heteroatoms. The average molecular weight is 693 g/mol. The molecule has 11 aromatic rings. The molecule has 0 amide bonds. The second-order valence-corrected chi connectivity index (χ2v) is 13.4. The second kappa shape index (κ2) is 12.1. The van der Waals surface area contributed by atoms with Gasteiger partial charge in [-0.15, -0.1) is 0 Å². The van der Waals surface area contributed by atoms with E-state index in [4.69, 9.17) is 28.8 Å². The van der Waals surface area contributed by atoms with Gasteiger partial charge in [0, 0.05) is 33.5 Å². The Labute approximate surface area is 309 Å². The van der Waals surface area contributed by atoms with Crippen molar-refractivity contribution in [2.75, 3.05) is 0 Å². The van der Waals surface area contributed by atoms with Gasteiger partial charge >= 0.3 is 0 Å². The van der Waals surface area contributed by atoms with Crippen molar-refractivity contribution in [2.45, 2.75) is 0 Å². The van der Waals surface area contributed by atoms with E-state index < -0.39 is 0 Å². The summed E-state index contributed by atoms with van der Waals surface area (Å²) < 4.78 is 13.2. The zero-order valence-electron chi connectivity index (χ0n) is 28.8. The predicted molar refractivity (Wildman–Crippen MR) is 217 cm³/mol. The van der Waals surface area contributed by atoms with Crippen LogP contribution in [-0.2, 0) is 0 Å². The standard InChI is InChI=1S/C48H28N4O2/c1-3-14-30(15-4-1)37-26-33-19-9-10-20-34(33)27-38(37)46-50-45(35-24-23-29-13-7-8-18-32(29)25-35)51-47(52-46)43-42-36-21-11-12-22-40(36)53-41(42)28-39-44(43)54-48(49-39)31-16-5-2-6-17-31/h1-28H. The van der Waals surface area contributed by atoms with E-state index in [1.807, 2.05) is 72.8 Å². The molecule has 0 spiro atoms. The second-order valence-electron chi connectivity index (χ2n) is 13.4. The van der Waals surface area contributed by atoms with E-state index in [9.17, 15) is 0 Å². The fraction of sp³-hybridized carbons (Fsp3) is 0. The Kier molecular flexibility index (Phi) is 6.75. The first-order chi connectivity index (χ1) is 26.7. The van der Waals surface area contributed by atoms with Crippen LogP contribution in [0.2, 0.25) is 0 Å². The highest BCUT2D eigenvalue weighted by Crippen LogP contribution is 2.43. The molecule has 3 aromatic heterocycles. The maximum Gasteiger partial charge on any atom is 0.227 e. The van der Waals surface area contributed by atoms with Crippen molar-refractivity contribution >= 4 is 54.6 Å². The van der Waals surface area contributed by atoms with Gasteiger partial charge in [0.25, 0.3) is 0 Å². The third-order valence-corrected chi connectivity index (χ3v) is 10.1. The summed E-state index contributed by atoms with van der Waals surface area (Å²) in [5.41, 5.74) is 8.12. The van der Waals surface area contributed by atoms with Gasteiger partial charge in [0.05, 0.1) is 5.56 Å². The van der Waals surface area contributed by atoms with Gasteiger partial charge in [0.15, 0.2) is 23.1 Å². The molecule has 0 aliphatic carbocycles. The van der Waals surface area contributed by atoms with Crippen LogP contribution in [0.3, 0.4) is 0 Å². The summed E-state index contributed by atoms with van der Waals surface area (Å²) >= 11 is 0. The first-order valence-corrected chi connectivity index (χ1v) is 17.9. The zero-order chi connectivity index (χ0) is 35.6. The average Bonchev–Trinajstić information content (AvgIpc) is 3.84. The maximum atomic E-state index is 6.71. The van der Waals surface area contributed by atoms with Gasteiger partial charge in [-0.25, -0.2) is 19.9 Å². The molecule has 0 aliphatic rings. The van der Waals surface area contributed by atoms with Crippen LogP contribution in [0.15, 0.2) is 179 Å². The van der Waals surface area contributed by atoms with Crippen molar-refractivity contribution in [3.05, 3.63) is 170 Å². The molecule has 11 rings (SSSR count). The van der Waals surface area contributed by atoms with E-state index in [-0.39, 0.29) is 0 Å². The number of benzene rings is 8. The van der Waals surface area contributed by atoms with Crippen LogP contribution in [0.5, 0.6) is 0 Å². The lowest BCUT2D eigenvalue weighted by Gasteiger charge is -2.14. The molecule has 6 nitrogen and oxygen atoms in total. The first-order valence-electron chi connectivity index (χ1n) is 17.9. The van der Waals surface area contributed by atoms with Crippen molar-refractivity contribution in [1.82, 2.24) is 19.9 Å². The van der Waals surface area contributed by atoms with E-state index in [0.717, 1.165) is 65.7 Å².